The summed E-state index contributed by atoms with van der Waals surface area (Å²) in [6.07, 6.45) is 2.20. The molecule has 0 aliphatic heterocycles. The number of nitrogens with one attached hydrogen (secondary N) is 1. The highest BCUT2D eigenvalue weighted by Gasteiger charge is 2.36. The quantitative estimate of drug-likeness (QED) is 0.874. The molecule has 0 radical (unpaired) electrons. The molecule has 0 aromatic carbocycles. The van der Waals surface area contributed by atoms with Crippen molar-refractivity contribution in [3.8, 4) is 0 Å². The van der Waals surface area contributed by atoms with Crippen molar-refractivity contribution in [3.05, 3.63) is 12.2 Å². The highest BCUT2D eigenvalue weighted by molar-refractivity contribution is 5.67. The molecule has 0 saturated heterocycles. The van der Waals surface area contributed by atoms with E-state index in [0.29, 0.717) is 13.0 Å². The summed E-state index contributed by atoms with van der Waals surface area (Å²) in [5, 5.41) is 20.8. The standard InChI is InChI=1S/C14H24N4O3/c1-14(2,3)21-13(20)15-7-10-5-9(6-11(10)19)12-17-16-8-18(12)4/h8-11,19H,5-7H2,1-4H3,(H,15,20)/t9-,10+,11+/m0/s1. The third-order valence-electron chi connectivity index (χ3n) is 3.68. The molecule has 7 nitrogen and oxygen atoms in total. The number of amides is 1. The summed E-state index contributed by atoms with van der Waals surface area (Å²) in [5.74, 6) is 1.07. The van der Waals surface area contributed by atoms with Gasteiger partial charge in [-0.05, 0) is 33.6 Å². The molecule has 21 heavy (non-hydrogen) atoms. The first-order chi connectivity index (χ1) is 9.76. The molecule has 0 unspecified atom stereocenters. The molecule has 7 heteroatoms. The molecule has 1 aliphatic rings. The third kappa shape index (κ3) is 4.17. The molecule has 0 spiro atoms. The van der Waals surface area contributed by atoms with Crippen LogP contribution in [-0.4, -0.2) is 44.2 Å². The second kappa shape index (κ2) is 6.01. The summed E-state index contributed by atoms with van der Waals surface area (Å²) in [5.41, 5.74) is -0.514. The molecule has 1 aliphatic carbocycles. The maximum Gasteiger partial charge on any atom is 0.407 e. The lowest BCUT2D eigenvalue weighted by atomic mass is 10.0. The molecule has 1 aromatic rings. The lowest BCUT2D eigenvalue weighted by Gasteiger charge is -2.21. The van der Waals surface area contributed by atoms with Crippen LogP contribution in [0.3, 0.4) is 0 Å². The molecular formula is C14H24N4O3. The number of hydrogen-bond donors (Lipinski definition) is 2. The van der Waals surface area contributed by atoms with Crippen LogP contribution in [-0.2, 0) is 11.8 Å². The first kappa shape index (κ1) is 15.8. The van der Waals surface area contributed by atoms with Gasteiger partial charge in [-0.3, -0.25) is 0 Å². The van der Waals surface area contributed by atoms with Gasteiger partial charge in [0.15, 0.2) is 0 Å². The van der Waals surface area contributed by atoms with Crippen LogP contribution in [0.15, 0.2) is 6.33 Å². The Morgan fingerprint density at radius 1 is 1.52 bits per heavy atom. The van der Waals surface area contributed by atoms with E-state index in [1.54, 1.807) is 6.33 Å². The maximum absolute atomic E-state index is 11.6. The summed E-state index contributed by atoms with van der Waals surface area (Å²) in [7, 11) is 1.90. The second-order valence-electron chi connectivity index (χ2n) is 6.68. The molecule has 2 rings (SSSR count). The Balaban J connectivity index is 1.85. The predicted octanol–water partition coefficient (Wildman–Crippen LogP) is 1.19. The van der Waals surface area contributed by atoms with E-state index in [1.165, 1.54) is 0 Å². The predicted molar refractivity (Wildman–Crippen MR) is 76.7 cm³/mol. The van der Waals surface area contributed by atoms with Crippen molar-refractivity contribution < 1.29 is 14.6 Å². The first-order valence-corrected chi connectivity index (χ1v) is 7.25. The fourth-order valence-corrected chi connectivity index (χ4v) is 2.72. The minimum atomic E-state index is -0.514. The summed E-state index contributed by atoms with van der Waals surface area (Å²) in [4.78, 5) is 11.6. The van der Waals surface area contributed by atoms with Crippen LogP contribution in [0.4, 0.5) is 4.79 Å². The summed E-state index contributed by atoms with van der Waals surface area (Å²) in [6, 6.07) is 0. The molecule has 1 saturated carbocycles. The van der Waals surface area contributed by atoms with Crippen LogP contribution < -0.4 is 5.32 Å². The molecular weight excluding hydrogens is 272 g/mol. The number of aliphatic hydroxyl groups excluding tert-OH is 1. The van der Waals surface area contributed by atoms with E-state index in [-0.39, 0.29) is 11.8 Å². The lowest BCUT2D eigenvalue weighted by Crippen LogP contribution is -2.36. The minimum absolute atomic E-state index is 0.0132. The zero-order valence-electron chi connectivity index (χ0n) is 13.0. The summed E-state index contributed by atoms with van der Waals surface area (Å²) in [6.45, 7) is 5.87. The molecule has 118 valence electrons. The summed E-state index contributed by atoms with van der Waals surface area (Å²) < 4.78 is 7.07. The van der Waals surface area contributed by atoms with E-state index in [9.17, 15) is 9.90 Å². The SMILES string of the molecule is Cn1cnnc1[C@H]1C[C@H](CNC(=O)OC(C)(C)C)[C@H](O)C1. The van der Waals surface area contributed by atoms with Gasteiger partial charge in [0.2, 0.25) is 0 Å². The summed E-state index contributed by atoms with van der Waals surface area (Å²) >= 11 is 0. The number of aliphatic hydroxyl groups is 1. The van der Waals surface area contributed by atoms with Crippen LogP contribution in [0.5, 0.6) is 0 Å². The lowest BCUT2D eigenvalue weighted by molar-refractivity contribution is 0.0500. The normalized spacial score (nSPS) is 25.9. The van der Waals surface area contributed by atoms with Gasteiger partial charge in [0.25, 0.3) is 0 Å². The molecule has 2 N–H and O–H groups in total. The number of ether oxygens (including phenoxy) is 1. The van der Waals surface area contributed by atoms with Crippen LogP contribution in [0.25, 0.3) is 0 Å². The van der Waals surface area contributed by atoms with E-state index in [4.69, 9.17) is 4.74 Å². The van der Waals surface area contributed by atoms with Gasteiger partial charge in [-0.15, -0.1) is 10.2 Å². The zero-order chi connectivity index (χ0) is 15.6. The van der Waals surface area contributed by atoms with Crippen molar-refractivity contribution >= 4 is 6.09 Å². The number of aromatic nitrogens is 3. The number of aryl methyl sites for hydroxylation is 1. The van der Waals surface area contributed by atoms with Crippen LogP contribution in [0, 0.1) is 5.92 Å². The van der Waals surface area contributed by atoms with Crippen molar-refractivity contribution in [2.45, 2.75) is 51.2 Å². The number of hydrogen-bond acceptors (Lipinski definition) is 5. The zero-order valence-corrected chi connectivity index (χ0v) is 13.0. The Labute approximate surface area is 124 Å². The molecule has 1 heterocycles. The monoisotopic (exact) mass is 296 g/mol. The van der Waals surface area contributed by atoms with Gasteiger partial charge >= 0.3 is 6.09 Å². The largest absolute Gasteiger partial charge is 0.444 e. The minimum Gasteiger partial charge on any atom is -0.444 e. The molecule has 3 atom stereocenters. The Morgan fingerprint density at radius 2 is 2.24 bits per heavy atom. The van der Waals surface area contributed by atoms with Gasteiger partial charge in [0.05, 0.1) is 6.10 Å². The van der Waals surface area contributed by atoms with Crippen LogP contribution >= 0.6 is 0 Å². The van der Waals surface area contributed by atoms with Crippen molar-refractivity contribution in [1.82, 2.24) is 20.1 Å². The van der Waals surface area contributed by atoms with Gasteiger partial charge in [-0.25, -0.2) is 4.79 Å². The van der Waals surface area contributed by atoms with E-state index >= 15 is 0 Å². The molecule has 1 amide bonds. The van der Waals surface area contributed by atoms with E-state index < -0.39 is 17.8 Å². The Kier molecular flexibility index (Phi) is 4.51. The van der Waals surface area contributed by atoms with Gasteiger partial charge in [-0.2, -0.15) is 0 Å². The van der Waals surface area contributed by atoms with Gasteiger partial charge in [0, 0.05) is 25.4 Å². The average molecular weight is 296 g/mol. The maximum atomic E-state index is 11.6. The topological polar surface area (TPSA) is 89.3 Å². The van der Waals surface area contributed by atoms with Crippen molar-refractivity contribution in [2.24, 2.45) is 13.0 Å². The first-order valence-electron chi connectivity index (χ1n) is 7.25. The third-order valence-corrected chi connectivity index (χ3v) is 3.68. The number of nitrogens with zero attached hydrogens (tertiary/aromatic N) is 3. The van der Waals surface area contributed by atoms with E-state index in [2.05, 4.69) is 15.5 Å². The van der Waals surface area contributed by atoms with E-state index in [1.807, 2.05) is 32.4 Å². The second-order valence-corrected chi connectivity index (χ2v) is 6.68. The van der Waals surface area contributed by atoms with Gasteiger partial charge in [-0.1, -0.05) is 0 Å². The number of carbonyl (C=O) groups excluding carboxylic acids is 1. The number of rotatable bonds is 3. The smallest absolute Gasteiger partial charge is 0.407 e. The van der Waals surface area contributed by atoms with Crippen molar-refractivity contribution in [1.29, 1.82) is 0 Å². The van der Waals surface area contributed by atoms with E-state index in [0.717, 1.165) is 12.2 Å². The highest BCUT2D eigenvalue weighted by Crippen LogP contribution is 2.37. The molecule has 1 fully saturated rings. The van der Waals surface area contributed by atoms with Gasteiger partial charge in [0.1, 0.15) is 17.8 Å². The molecule has 0 bridgehead atoms. The van der Waals surface area contributed by atoms with Crippen molar-refractivity contribution in [3.63, 3.8) is 0 Å². The van der Waals surface area contributed by atoms with Gasteiger partial charge < -0.3 is 19.7 Å². The fourth-order valence-electron chi connectivity index (χ4n) is 2.72. The van der Waals surface area contributed by atoms with Crippen molar-refractivity contribution in [2.75, 3.05) is 6.54 Å². The fraction of sp³-hybridized carbons (Fsp3) is 0.786. The highest BCUT2D eigenvalue weighted by atomic mass is 16.6. The Bertz CT molecular complexity index is 495. The van der Waals surface area contributed by atoms with Crippen LogP contribution in [0.2, 0.25) is 0 Å². The number of carbonyl (C=O) groups is 1. The molecule has 1 aromatic heterocycles. The Hall–Kier alpha value is -1.63. The Morgan fingerprint density at radius 3 is 2.81 bits per heavy atom. The van der Waals surface area contributed by atoms with Crippen LogP contribution in [0.1, 0.15) is 45.4 Å². The average Bonchev–Trinajstić information content (AvgIpc) is 2.90. The number of alkyl carbamates (subject to hydrolysis) is 1.